The summed E-state index contributed by atoms with van der Waals surface area (Å²) in [6, 6.07) is 16.6. The van der Waals surface area contributed by atoms with E-state index in [-0.39, 0.29) is 12.4 Å². The van der Waals surface area contributed by atoms with Gasteiger partial charge < -0.3 is 10.1 Å². The maximum atomic E-state index is 5.84. The van der Waals surface area contributed by atoms with E-state index in [9.17, 15) is 0 Å². The Morgan fingerprint density at radius 2 is 1.74 bits per heavy atom. The molecule has 1 aromatic heterocycles. The largest absolute Gasteiger partial charge is 0.489 e. The predicted molar refractivity (Wildman–Crippen MR) is 110 cm³/mol. The molecule has 0 saturated carbocycles. The lowest BCUT2D eigenvalue weighted by atomic mass is 10.2. The van der Waals surface area contributed by atoms with E-state index in [0.717, 1.165) is 29.7 Å². The lowest BCUT2D eigenvalue weighted by molar-refractivity contribution is 0.306. The first kappa shape index (κ1) is 21.2. The van der Waals surface area contributed by atoms with Crippen LogP contribution in [0.25, 0.3) is 0 Å². The number of benzene rings is 2. The van der Waals surface area contributed by atoms with Crippen molar-refractivity contribution >= 4 is 24.2 Å². The molecule has 144 valence electrons. The highest BCUT2D eigenvalue weighted by Gasteiger charge is 2.02. The molecule has 6 nitrogen and oxygen atoms in total. The number of halogens is 1. The standard InChI is InChI=1S/C19H23N5OS.ClH/c1-15-3-5-17(6-4-15)14-25-18-9-7-16(8-10-18)13-20-11-12-26-19-21-22-23-24(19)2;/h3-10,20H,11-14H2,1-2H3;1H. The number of aromatic nitrogens is 4. The number of nitrogens with zero attached hydrogens (tertiary/aromatic N) is 4. The predicted octanol–water partition coefficient (Wildman–Crippen LogP) is 3.40. The zero-order valence-corrected chi connectivity index (χ0v) is 17.1. The number of thioether (sulfide) groups is 1. The first-order valence-corrected chi connectivity index (χ1v) is 9.52. The molecule has 0 unspecified atom stereocenters. The summed E-state index contributed by atoms with van der Waals surface area (Å²) in [6.45, 7) is 4.40. The highest BCUT2D eigenvalue weighted by Crippen LogP contribution is 2.15. The fourth-order valence-electron chi connectivity index (χ4n) is 2.35. The number of hydrogen-bond acceptors (Lipinski definition) is 6. The van der Waals surface area contributed by atoms with Gasteiger partial charge >= 0.3 is 0 Å². The van der Waals surface area contributed by atoms with Crippen LogP contribution < -0.4 is 10.1 Å². The molecule has 1 heterocycles. The highest BCUT2D eigenvalue weighted by atomic mass is 35.5. The third-order valence-electron chi connectivity index (χ3n) is 3.87. The summed E-state index contributed by atoms with van der Waals surface area (Å²) in [5.41, 5.74) is 3.67. The van der Waals surface area contributed by atoms with Gasteiger partial charge in [-0.15, -0.1) is 17.5 Å². The summed E-state index contributed by atoms with van der Waals surface area (Å²) in [6.07, 6.45) is 0. The second-order valence-electron chi connectivity index (χ2n) is 6.03. The quantitative estimate of drug-likeness (QED) is 0.434. The smallest absolute Gasteiger partial charge is 0.209 e. The average molecular weight is 406 g/mol. The normalized spacial score (nSPS) is 10.4. The van der Waals surface area contributed by atoms with E-state index in [0.29, 0.717) is 6.61 Å². The fraction of sp³-hybridized carbons (Fsp3) is 0.316. The van der Waals surface area contributed by atoms with Gasteiger partial charge in [0, 0.05) is 25.9 Å². The molecule has 0 atom stereocenters. The number of aryl methyl sites for hydroxylation is 2. The molecule has 0 aliphatic heterocycles. The third-order valence-corrected chi connectivity index (χ3v) is 4.88. The second kappa shape index (κ2) is 10.9. The summed E-state index contributed by atoms with van der Waals surface area (Å²) < 4.78 is 7.52. The maximum Gasteiger partial charge on any atom is 0.209 e. The molecule has 2 aromatic carbocycles. The van der Waals surface area contributed by atoms with Gasteiger partial charge in [0.05, 0.1) is 0 Å². The summed E-state index contributed by atoms with van der Waals surface area (Å²) >= 11 is 1.64. The summed E-state index contributed by atoms with van der Waals surface area (Å²) in [5.74, 6) is 1.81. The van der Waals surface area contributed by atoms with Crippen LogP contribution in [0.2, 0.25) is 0 Å². The van der Waals surface area contributed by atoms with Crippen LogP contribution in [0.4, 0.5) is 0 Å². The zero-order chi connectivity index (χ0) is 18.2. The molecule has 8 heteroatoms. The third kappa shape index (κ3) is 6.86. The van der Waals surface area contributed by atoms with Crippen molar-refractivity contribution < 1.29 is 4.74 Å². The molecule has 1 N–H and O–H groups in total. The van der Waals surface area contributed by atoms with E-state index in [1.165, 1.54) is 16.7 Å². The van der Waals surface area contributed by atoms with E-state index in [1.54, 1.807) is 16.4 Å². The summed E-state index contributed by atoms with van der Waals surface area (Å²) in [5, 5.41) is 15.6. The second-order valence-corrected chi connectivity index (χ2v) is 7.09. The van der Waals surface area contributed by atoms with Crippen molar-refractivity contribution in [2.75, 3.05) is 12.3 Å². The first-order valence-electron chi connectivity index (χ1n) is 8.54. The van der Waals surface area contributed by atoms with E-state index in [4.69, 9.17) is 4.74 Å². The Morgan fingerprint density at radius 3 is 2.41 bits per heavy atom. The van der Waals surface area contributed by atoms with Gasteiger partial charge in [0.15, 0.2) is 0 Å². The van der Waals surface area contributed by atoms with Crippen LogP contribution in [0.1, 0.15) is 16.7 Å². The number of nitrogens with one attached hydrogen (secondary N) is 1. The van der Waals surface area contributed by atoms with Crippen LogP contribution in [0.3, 0.4) is 0 Å². The van der Waals surface area contributed by atoms with Gasteiger partial charge in [-0.25, -0.2) is 4.68 Å². The van der Waals surface area contributed by atoms with Crippen LogP contribution >= 0.6 is 24.2 Å². The summed E-state index contributed by atoms with van der Waals surface area (Å²) in [4.78, 5) is 0. The molecule has 0 radical (unpaired) electrons. The molecular formula is C19H24ClN5OS. The molecule has 27 heavy (non-hydrogen) atoms. The minimum atomic E-state index is 0. The molecule has 0 aliphatic carbocycles. The minimum Gasteiger partial charge on any atom is -0.489 e. The van der Waals surface area contributed by atoms with Gasteiger partial charge in [-0.2, -0.15) is 0 Å². The molecule has 0 bridgehead atoms. The average Bonchev–Trinajstić information content (AvgIpc) is 3.07. The van der Waals surface area contributed by atoms with E-state index < -0.39 is 0 Å². The molecule has 0 saturated heterocycles. The van der Waals surface area contributed by atoms with Crippen molar-refractivity contribution in [1.82, 2.24) is 25.5 Å². The number of ether oxygens (including phenoxy) is 1. The lowest BCUT2D eigenvalue weighted by Crippen LogP contribution is -2.16. The Labute approximate surface area is 170 Å². The van der Waals surface area contributed by atoms with Gasteiger partial charge in [0.2, 0.25) is 5.16 Å². The number of rotatable bonds is 9. The van der Waals surface area contributed by atoms with Crippen LogP contribution in [0.15, 0.2) is 53.7 Å². The molecular weight excluding hydrogens is 382 g/mol. The molecule has 0 aliphatic rings. The van der Waals surface area contributed by atoms with Gasteiger partial charge in [-0.3, -0.25) is 0 Å². The van der Waals surface area contributed by atoms with Crippen LogP contribution in [0, 0.1) is 6.92 Å². The van der Waals surface area contributed by atoms with Crippen molar-refractivity contribution in [3.8, 4) is 5.75 Å². The van der Waals surface area contributed by atoms with Gasteiger partial charge in [0.25, 0.3) is 0 Å². The van der Waals surface area contributed by atoms with E-state index in [1.807, 2.05) is 19.2 Å². The minimum absolute atomic E-state index is 0. The van der Waals surface area contributed by atoms with E-state index >= 15 is 0 Å². The van der Waals surface area contributed by atoms with Crippen LogP contribution in [-0.2, 0) is 20.2 Å². The van der Waals surface area contributed by atoms with Crippen molar-refractivity contribution in [1.29, 1.82) is 0 Å². The Morgan fingerprint density at radius 1 is 1.04 bits per heavy atom. The number of tetrazole rings is 1. The van der Waals surface area contributed by atoms with Gasteiger partial charge in [-0.1, -0.05) is 53.7 Å². The molecule has 3 aromatic rings. The Kier molecular flexibility index (Phi) is 8.57. The van der Waals surface area contributed by atoms with Crippen molar-refractivity contribution in [2.45, 2.75) is 25.2 Å². The highest BCUT2D eigenvalue weighted by molar-refractivity contribution is 7.99. The van der Waals surface area contributed by atoms with E-state index in [2.05, 4.69) is 64.2 Å². The SMILES string of the molecule is Cc1ccc(COc2ccc(CNCCSc3nnnn3C)cc2)cc1.Cl. The van der Waals surface area contributed by atoms with Gasteiger partial charge in [0.1, 0.15) is 12.4 Å². The molecule has 3 rings (SSSR count). The zero-order valence-electron chi connectivity index (χ0n) is 15.5. The fourth-order valence-corrected chi connectivity index (χ4v) is 3.09. The Bertz CT molecular complexity index is 808. The van der Waals surface area contributed by atoms with Gasteiger partial charge in [-0.05, 0) is 40.6 Å². The van der Waals surface area contributed by atoms with Crippen molar-refractivity contribution in [3.63, 3.8) is 0 Å². The van der Waals surface area contributed by atoms with Crippen LogP contribution in [0.5, 0.6) is 5.75 Å². The van der Waals surface area contributed by atoms with Crippen LogP contribution in [-0.4, -0.2) is 32.5 Å². The first-order chi connectivity index (χ1) is 12.7. The topological polar surface area (TPSA) is 64.9 Å². The van der Waals surface area contributed by atoms with Crippen molar-refractivity contribution in [3.05, 3.63) is 65.2 Å². The van der Waals surface area contributed by atoms with Crippen molar-refractivity contribution in [2.24, 2.45) is 7.05 Å². The number of hydrogen-bond donors (Lipinski definition) is 1. The Hall–Kier alpha value is -2.09. The maximum absolute atomic E-state index is 5.84. The monoisotopic (exact) mass is 405 g/mol. The molecule has 0 amide bonds. The molecule has 0 spiro atoms. The molecule has 0 fully saturated rings. The lowest BCUT2D eigenvalue weighted by Gasteiger charge is -2.08. The summed E-state index contributed by atoms with van der Waals surface area (Å²) in [7, 11) is 1.85. The Balaban J connectivity index is 0.00000261.